The van der Waals surface area contributed by atoms with Gasteiger partial charge in [-0.3, -0.25) is 14.5 Å². The highest BCUT2D eigenvalue weighted by atomic mass is 35.5. The predicted molar refractivity (Wildman–Crippen MR) is 91.2 cm³/mol. The lowest BCUT2D eigenvalue weighted by atomic mass is 9.82. The summed E-state index contributed by atoms with van der Waals surface area (Å²) >= 11 is 11.7. The summed E-state index contributed by atoms with van der Waals surface area (Å²) in [5.74, 6) is -0.777. The molecule has 1 saturated heterocycles. The van der Waals surface area contributed by atoms with Crippen LogP contribution in [-0.4, -0.2) is 34.8 Å². The molecule has 0 atom stereocenters. The first-order chi connectivity index (χ1) is 11.4. The molecule has 1 saturated carbocycles. The van der Waals surface area contributed by atoms with Crippen molar-refractivity contribution in [2.75, 3.05) is 11.9 Å². The number of hydrogen-bond acceptors (Lipinski definition) is 3. The minimum atomic E-state index is -0.820. The van der Waals surface area contributed by atoms with Gasteiger partial charge in [-0.15, -0.1) is 0 Å². The number of benzene rings is 1. The average Bonchev–Trinajstić information content (AvgIpc) is 2.76. The molecular weight excluding hydrogens is 353 g/mol. The van der Waals surface area contributed by atoms with E-state index < -0.39 is 17.5 Å². The maximum absolute atomic E-state index is 12.6. The highest BCUT2D eigenvalue weighted by Gasteiger charge is 2.51. The Bertz CT molecular complexity index is 702. The summed E-state index contributed by atoms with van der Waals surface area (Å²) in [4.78, 5) is 37.9. The van der Waals surface area contributed by atoms with Crippen molar-refractivity contribution in [3.8, 4) is 0 Å². The molecule has 0 bridgehead atoms. The summed E-state index contributed by atoms with van der Waals surface area (Å²) in [6.07, 6.45) is 4.11. The van der Waals surface area contributed by atoms with Crippen molar-refractivity contribution < 1.29 is 14.4 Å². The normalized spacial score (nSPS) is 19.5. The number of anilines is 1. The molecular formula is C16H17Cl2N3O3. The van der Waals surface area contributed by atoms with Gasteiger partial charge in [-0.2, -0.15) is 0 Å². The first-order valence-electron chi connectivity index (χ1n) is 7.80. The fraction of sp³-hybridized carbons (Fsp3) is 0.438. The fourth-order valence-electron chi connectivity index (χ4n) is 3.23. The molecule has 1 spiro atoms. The highest BCUT2D eigenvalue weighted by Crippen LogP contribution is 2.33. The Balaban J connectivity index is 1.66. The molecule has 2 fully saturated rings. The molecule has 2 aliphatic rings. The molecule has 1 heterocycles. The SMILES string of the molecule is O=C(CN1C(=O)NC2(CCCCC2)C1=O)Nc1ccc(Cl)c(Cl)c1. The molecule has 24 heavy (non-hydrogen) atoms. The Kier molecular flexibility index (Phi) is 4.69. The van der Waals surface area contributed by atoms with Crippen LogP contribution >= 0.6 is 23.2 Å². The van der Waals surface area contributed by atoms with Crippen LogP contribution in [0.1, 0.15) is 32.1 Å². The topological polar surface area (TPSA) is 78.5 Å². The van der Waals surface area contributed by atoms with Gasteiger partial charge >= 0.3 is 6.03 Å². The minimum Gasteiger partial charge on any atom is -0.324 e. The quantitative estimate of drug-likeness (QED) is 0.803. The largest absolute Gasteiger partial charge is 0.325 e. The zero-order valence-electron chi connectivity index (χ0n) is 12.9. The molecule has 1 aliphatic heterocycles. The lowest BCUT2D eigenvalue weighted by Gasteiger charge is -2.30. The van der Waals surface area contributed by atoms with Crippen LogP contribution in [0.15, 0.2) is 18.2 Å². The van der Waals surface area contributed by atoms with E-state index in [0.717, 1.165) is 24.2 Å². The number of nitrogens with zero attached hydrogens (tertiary/aromatic N) is 1. The Morgan fingerprint density at radius 2 is 1.88 bits per heavy atom. The first-order valence-corrected chi connectivity index (χ1v) is 8.56. The number of amides is 4. The van der Waals surface area contributed by atoms with Crippen LogP contribution in [0.4, 0.5) is 10.5 Å². The molecule has 2 N–H and O–H groups in total. The first kappa shape index (κ1) is 17.0. The van der Waals surface area contributed by atoms with Gasteiger partial charge in [0.25, 0.3) is 5.91 Å². The highest BCUT2D eigenvalue weighted by molar-refractivity contribution is 6.42. The lowest BCUT2D eigenvalue weighted by Crippen LogP contribution is -2.48. The van der Waals surface area contributed by atoms with Crippen molar-refractivity contribution in [1.29, 1.82) is 0 Å². The Morgan fingerprint density at radius 1 is 1.17 bits per heavy atom. The van der Waals surface area contributed by atoms with Crippen molar-refractivity contribution in [1.82, 2.24) is 10.2 Å². The number of rotatable bonds is 3. The van der Waals surface area contributed by atoms with Gasteiger partial charge in [-0.25, -0.2) is 4.79 Å². The van der Waals surface area contributed by atoms with Gasteiger partial charge in [-0.1, -0.05) is 42.5 Å². The van der Waals surface area contributed by atoms with E-state index in [1.807, 2.05) is 0 Å². The molecule has 4 amide bonds. The Hall–Kier alpha value is -1.79. The molecule has 8 heteroatoms. The minimum absolute atomic E-state index is 0.309. The summed E-state index contributed by atoms with van der Waals surface area (Å²) in [7, 11) is 0. The zero-order chi connectivity index (χ0) is 17.3. The summed E-state index contributed by atoms with van der Waals surface area (Å²) in [5, 5.41) is 6.08. The number of carbonyl (C=O) groups is 3. The lowest BCUT2D eigenvalue weighted by molar-refractivity contribution is -0.134. The fourth-order valence-corrected chi connectivity index (χ4v) is 3.53. The van der Waals surface area contributed by atoms with Crippen molar-refractivity contribution in [2.24, 2.45) is 0 Å². The third kappa shape index (κ3) is 3.21. The second-order valence-corrected chi connectivity index (χ2v) is 6.96. The molecule has 128 valence electrons. The summed E-state index contributed by atoms with van der Waals surface area (Å²) in [6, 6.07) is 4.16. The smallest absolute Gasteiger partial charge is 0.324 e. The maximum atomic E-state index is 12.6. The number of urea groups is 1. The van der Waals surface area contributed by atoms with Crippen molar-refractivity contribution in [3.63, 3.8) is 0 Å². The number of hydrogen-bond donors (Lipinski definition) is 2. The molecule has 1 aromatic carbocycles. The van der Waals surface area contributed by atoms with Gasteiger partial charge in [-0.05, 0) is 31.0 Å². The van der Waals surface area contributed by atoms with Crippen LogP contribution in [0.3, 0.4) is 0 Å². The molecule has 0 radical (unpaired) electrons. The third-order valence-electron chi connectivity index (χ3n) is 4.46. The van der Waals surface area contributed by atoms with Crippen LogP contribution in [0.5, 0.6) is 0 Å². The van der Waals surface area contributed by atoms with Crippen LogP contribution in [-0.2, 0) is 9.59 Å². The van der Waals surface area contributed by atoms with E-state index in [1.165, 1.54) is 6.07 Å². The number of nitrogens with one attached hydrogen (secondary N) is 2. The average molecular weight is 370 g/mol. The van der Waals surface area contributed by atoms with Crippen molar-refractivity contribution >= 4 is 46.7 Å². The van der Waals surface area contributed by atoms with E-state index in [1.54, 1.807) is 12.1 Å². The van der Waals surface area contributed by atoms with E-state index in [0.29, 0.717) is 28.6 Å². The van der Waals surface area contributed by atoms with Gasteiger partial charge in [0.2, 0.25) is 5.91 Å². The van der Waals surface area contributed by atoms with E-state index in [2.05, 4.69) is 10.6 Å². The Morgan fingerprint density at radius 3 is 2.54 bits per heavy atom. The number of halogens is 2. The van der Waals surface area contributed by atoms with Crippen molar-refractivity contribution in [2.45, 2.75) is 37.6 Å². The maximum Gasteiger partial charge on any atom is 0.325 e. The van der Waals surface area contributed by atoms with Gasteiger partial charge < -0.3 is 10.6 Å². The van der Waals surface area contributed by atoms with Crippen LogP contribution in [0.2, 0.25) is 10.0 Å². The molecule has 1 aromatic rings. The second-order valence-electron chi connectivity index (χ2n) is 6.14. The monoisotopic (exact) mass is 369 g/mol. The second kappa shape index (κ2) is 6.61. The standard InChI is InChI=1S/C16H17Cl2N3O3/c17-11-5-4-10(8-12(11)18)19-13(22)9-21-14(23)16(20-15(21)24)6-2-1-3-7-16/h4-5,8H,1-3,6-7,9H2,(H,19,22)(H,20,24). The van der Waals surface area contributed by atoms with E-state index in [4.69, 9.17) is 23.2 Å². The van der Waals surface area contributed by atoms with Crippen LogP contribution in [0.25, 0.3) is 0 Å². The third-order valence-corrected chi connectivity index (χ3v) is 5.20. The van der Waals surface area contributed by atoms with E-state index >= 15 is 0 Å². The summed E-state index contributed by atoms with van der Waals surface area (Å²) in [5.41, 5.74) is -0.368. The Labute approximate surface area is 149 Å². The molecule has 6 nitrogen and oxygen atoms in total. The van der Waals surface area contributed by atoms with E-state index in [-0.39, 0.29) is 12.5 Å². The summed E-state index contributed by atoms with van der Waals surface area (Å²) < 4.78 is 0. The molecule has 1 aliphatic carbocycles. The predicted octanol–water partition coefficient (Wildman–Crippen LogP) is 3.19. The zero-order valence-corrected chi connectivity index (χ0v) is 14.4. The van der Waals surface area contributed by atoms with Gasteiger partial charge in [0, 0.05) is 5.69 Å². The molecule has 0 aromatic heterocycles. The number of carbonyl (C=O) groups excluding carboxylic acids is 3. The van der Waals surface area contributed by atoms with Gasteiger partial charge in [0.05, 0.1) is 10.0 Å². The molecule has 3 rings (SSSR count). The molecule has 0 unspecified atom stereocenters. The van der Waals surface area contributed by atoms with Gasteiger partial charge in [0.1, 0.15) is 12.1 Å². The van der Waals surface area contributed by atoms with Crippen molar-refractivity contribution in [3.05, 3.63) is 28.2 Å². The number of imide groups is 1. The van der Waals surface area contributed by atoms with Crippen LogP contribution in [0, 0.1) is 0 Å². The van der Waals surface area contributed by atoms with Gasteiger partial charge in [0.15, 0.2) is 0 Å². The van der Waals surface area contributed by atoms with E-state index in [9.17, 15) is 14.4 Å². The van der Waals surface area contributed by atoms with Crippen LogP contribution < -0.4 is 10.6 Å². The summed E-state index contributed by atoms with van der Waals surface area (Å²) in [6.45, 7) is -0.327.